The second-order valence-electron chi connectivity index (χ2n) is 14.0. The van der Waals surface area contributed by atoms with Crippen LogP contribution in [0.2, 0.25) is 0 Å². The maximum absolute atomic E-state index is 14.0. The number of nitrogens with one attached hydrogen (secondary N) is 1. The molecule has 4 aromatic carbocycles. The summed E-state index contributed by atoms with van der Waals surface area (Å²) in [5.41, 5.74) is 11.7. The first-order chi connectivity index (χ1) is 26.6. The highest BCUT2D eigenvalue weighted by Crippen LogP contribution is 2.28. The first-order valence-electron chi connectivity index (χ1n) is 18.4. The Labute approximate surface area is 320 Å². The number of hydrogen-bond donors (Lipinski definition) is 1. The average Bonchev–Trinajstić information content (AvgIpc) is 3.82. The summed E-state index contributed by atoms with van der Waals surface area (Å²) < 4.78 is 9.63. The van der Waals surface area contributed by atoms with Crippen molar-refractivity contribution in [3.63, 3.8) is 0 Å². The molecular weight excluding hydrogens is 689 g/mol. The Balaban J connectivity index is 1.00. The minimum atomic E-state index is -0.289. The van der Waals surface area contributed by atoms with E-state index in [2.05, 4.69) is 82.9 Å². The molecule has 0 atom stereocenters. The van der Waals surface area contributed by atoms with E-state index in [0.717, 1.165) is 50.5 Å². The van der Waals surface area contributed by atoms with Crippen LogP contribution in [0.4, 0.5) is 5.69 Å². The number of fused-ring (bicyclic) bond motifs is 1. The van der Waals surface area contributed by atoms with Gasteiger partial charge in [-0.2, -0.15) is 5.10 Å². The first kappa shape index (κ1) is 36.7. The number of nitrogens with zero attached hydrogens (tertiary/aromatic N) is 7. The topological polar surface area (TPSA) is 120 Å². The second kappa shape index (κ2) is 15.8. The summed E-state index contributed by atoms with van der Waals surface area (Å²) in [4.78, 5) is 33.5. The molecule has 0 aliphatic carbocycles. The summed E-state index contributed by atoms with van der Waals surface area (Å²) >= 11 is 0. The first-order valence-corrected chi connectivity index (χ1v) is 18.4. The van der Waals surface area contributed by atoms with Crippen LogP contribution >= 0.6 is 0 Å². The van der Waals surface area contributed by atoms with Gasteiger partial charge >= 0.3 is 0 Å². The van der Waals surface area contributed by atoms with Crippen LogP contribution < -0.4 is 10.1 Å². The molecule has 7 aromatic rings. The molecule has 7 rings (SSSR count). The van der Waals surface area contributed by atoms with Gasteiger partial charge in [0.05, 0.1) is 18.9 Å². The smallest absolute Gasteiger partial charge is 0.261 e. The predicted molar refractivity (Wildman–Crippen MR) is 213 cm³/mol. The number of aryl methyl sites for hydroxylation is 5. The number of ether oxygens (including phenoxy) is 1. The molecule has 0 bridgehead atoms. The lowest BCUT2D eigenvalue weighted by Crippen LogP contribution is -2.31. The zero-order valence-electron chi connectivity index (χ0n) is 32.0. The largest absolute Gasteiger partial charge is 0.488 e. The van der Waals surface area contributed by atoms with Gasteiger partial charge in [0.1, 0.15) is 23.6 Å². The fourth-order valence-electron chi connectivity index (χ4n) is 6.82. The van der Waals surface area contributed by atoms with Crippen molar-refractivity contribution in [2.75, 3.05) is 11.9 Å². The minimum absolute atomic E-state index is 0.0451. The molecule has 278 valence electrons. The van der Waals surface area contributed by atoms with Gasteiger partial charge in [0.15, 0.2) is 5.65 Å². The molecule has 11 nitrogen and oxygen atoms in total. The monoisotopic (exact) mass is 732 g/mol. The molecule has 0 spiro atoms. The average molecular weight is 733 g/mol. The van der Waals surface area contributed by atoms with Gasteiger partial charge in [-0.15, -0.1) is 5.10 Å². The molecule has 3 heterocycles. The van der Waals surface area contributed by atoms with Crippen molar-refractivity contribution in [3.05, 3.63) is 159 Å². The van der Waals surface area contributed by atoms with Crippen molar-refractivity contribution in [1.29, 1.82) is 0 Å². The third-order valence-corrected chi connectivity index (χ3v) is 9.65. The van der Waals surface area contributed by atoms with E-state index in [9.17, 15) is 9.59 Å². The van der Waals surface area contributed by atoms with Crippen molar-refractivity contribution in [1.82, 2.24) is 34.5 Å². The Hall–Kier alpha value is -6.62. The van der Waals surface area contributed by atoms with Crippen LogP contribution in [0.1, 0.15) is 72.4 Å². The van der Waals surface area contributed by atoms with Gasteiger partial charge < -0.3 is 15.0 Å². The van der Waals surface area contributed by atoms with Crippen molar-refractivity contribution >= 4 is 23.1 Å². The van der Waals surface area contributed by atoms with E-state index in [0.29, 0.717) is 54.4 Å². The van der Waals surface area contributed by atoms with Gasteiger partial charge in [0, 0.05) is 41.3 Å². The van der Waals surface area contributed by atoms with E-state index in [1.54, 1.807) is 9.20 Å². The van der Waals surface area contributed by atoms with Gasteiger partial charge in [-0.05, 0) is 93.6 Å². The molecule has 0 saturated carbocycles. The Bertz CT molecular complexity index is 2480. The summed E-state index contributed by atoms with van der Waals surface area (Å²) in [6.45, 7) is 13.9. The Kier molecular flexibility index (Phi) is 10.5. The third-order valence-electron chi connectivity index (χ3n) is 9.65. The molecule has 3 aromatic heterocycles. The summed E-state index contributed by atoms with van der Waals surface area (Å²) in [5.74, 6) is 0.543. The number of hydrogen-bond acceptors (Lipinski definition) is 7. The zero-order valence-corrected chi connectivity index (χ0v) is 32.0. The molecule has 0 aliphatic rings. The minimum Gasteiger partial charge on any atom is -0.488 e. The van der Waals surface area contributed by atoms with Gasteiger partial charge in [-0.1, -0.05) is 77.5 Å². The zero-order chi connectivity index (χ0) is 38.6. The SMILES string of the molecule is CCN(Cc1cc(C)c(OCc2ccc(C)cc2)c(C)c1)C(=O)c1ccccc1Cn1cc(-c2ccc(NC(=O)c3cnn4c(C)cc(C)nc34)cc2)nn1. The van der Waals surface area contributed by atoms with Crippen LogP contribution in [0, 0.1) is 34.6 Å². The van der Waals surface area contributed by atoms with Gasteiger partial charge in [0.2, 0.25) is 0 Å². The molecule has 2 amide bonds. The van der Waals surface area contributed by atoms with E-state index in [-0.39, 0.29) is 11.8 Å². The van der Waals surface area contributed by atoms with Crippen molar-refractivity contribution in [2.24, 2.45) is 0 Å². The summed E-state index contributed by atoms with van der Waals surface area (Å²) in [7, 11) is 0. The van der Waals surface area contributed by atoms with E-state index in [4.69, 9.17) is 4.74 Å². The van der Waals surface area contributed by atoms with Crippen LogP contribution in [0.5, 0.6) is 5.75 Å². The summed E-state index contributed by atoms with van der Waals surface area (Å²) in [6.07, 6.45) is 3.39. The van der Waals surface area contributed by atoms with Crippen LogP contribution in [-0.2, 0) is 19.7 Å². The van der Waals surface area contributed by atoms with Gasteiger partial charge in [-0.25, -0.2) is 14.2 Å². The maximum Gasteiger partial charge on any atom is 0.261 e. The number of carbonyl (C=O) groups excluding carboxylic acids is 2. The standard InChI is InChI=1S/C44H44N8O3/c1-7-50(24-34-20-29(3)41(30(4)21-34)55-27-33-14-12-28(2)13-15-33)44(54)38-11-9-8-10-36(38)25-51-26-40(48-49-51)35-16-18-37(19-17-35)47-43(53)39-23-45-52-32(6)22-31(5)46-42(39)52/h8-23,26H,7,24-25,27H2,1-6H3,(H,47,53). The van der Waals surface area contributed by atoms with Gasteiger partial charge in [-0.3, -0.25) is 9.59 Å². The molecule has 11 heteroatoms. The maximum atomic E-state index is 14.0. The predicted octanol–water partition coefficient (Wildman–Crippen LogP) is 8.07. The van der Waals surface area contributed by atoms with E-state index < -0.39 is 0 Å². The normalized spacial score (nSPS) is 11.2. The number of rotatable bonds is 12. The lowest BCUT2D eigenvalue weighted by molar-refractivity contribution is 0.0751. The molecule has 55 heavy (non-hydrogen) atoms. The fraction of sp³-hybridized carbons (Fsp3) is 0.227. The van der Waals surface area contributed by atoms with Crippen LogP contribution in [0.15, 0.2) is 103 Å². The molecule has 1 N–H and O–H groups in total. The van der Waals surface area contributed by atoms with Crippen molar-refractivity contribution < 1.29 is 14.3 Å². The Morgan fingerprint density at radius 3 is 2.29 bits per heavy atom. The Morgan fingerprint density at radius 1 is 0.836 bits per heavy atom. The summed E-state index contributed by atoms with van der Waals surface area (Å²) in [6, 6.07) is 29.6. The van der Waals surface area contributed by atoms with Crippen LogP contribution in [-0.4, -0.2) is 52.9 Å². The molecule has 0 fully saturated rings. The van der Waals surface area contributed by atoms with E-state index >= 15 is 0 Å². The van der Waals surface area contributed by atoms with Crippen molar-refractivity contribution in [3.8, 4) is 17.0 Å². The third kappa shape index (κ3) is 8.16. The fourth-order valence-corrected chi connectivity index (χ4v) is 6.82. The van der Waals surface area contributed by atoms with E-state index in [1.807, 2.05) is 86.5 Å². The van der Waals surface area contributed by atoms with Gasteiger partial charge in [0.25, 0.3) is 11.8 Å². The Morgan fingerprint density at radius 2 is 1.56 bits per heavy atom. The molecule has 0 saturated heterocycles. The number of amides is 2. The highest BCUT2D eigenvalue weighted by atomic mass is 16.5. The number of carbonyl (C=O) groups is 2. The molecule has 0 unspecified atom stereocenters. The highest BCUT2D eigenvalue weighted by molar-refractivity contribution is 6.08. The summed E-state index contributed by atoms with van der Waals surface area (Å²) in [5, 5.41) is 16.1. The molecule has 0 radical (unpaired) electrons. The number of benzene rings is 4. The quantitative estimate of drug-likeness (QED) is 0.135. The number of anilines is 1. The van der Waals surface area contributed by atoms with Crippen LogP contribution in [0.25, 0.3) is 16.9 Å². The second-order valence-corrected chi connectivity index (χ2v) is 14.0. The van der Waals surface area contributed by atoms with E-state index in [1.165, 1.54) is 11.8 Å². The highest BCUT2D eigenvalue weighted by Gasteiger charge is 2.20. The molecule has 0 aliphatic heterocycles. The lowest BCUT2D eigenvalue weighted by Gasteiger charge is -2.23. The lowest BCUT2D eigenvalue weighted by atomic mass is 10.0. The van der Waals surface area contributed by atoms with Crippen molar-refractivity contribution in [2.45, 2.75) is 61.2 Å². The van der Waals surface area contributed by atoms with Crippen LogP contribution in [0.3, 0.4) is 0 Å². The molecular formula is C44H44N8O3. The number of aromatic nitrogens is 6.